The molecule has 5 rings (SSSR count). The summed E-state index contributed by atoms with van der Waals surface area (Å²) in [5, 5.41) is 8.70. The van der Waals surface area contributed by atoms with Crippen LogP contribution in [-0.2, 0) is 26.2 Å². The van der Waals surface area contributed by atoms with E-state index >= 15 is 0 Å². The van der Waals surface area contributed by atoms with Gasteiger partial charge in [-0.25, -0.2) is 15.0 Å². The molecular formula is C26H29N7O2. The van der Waals surface area contributed by atoms with Gasteiger partial charge in [0.2, 0.25) is 0 Å². The Morgan fingerprint density at radius 1 is 0.914 bits per heavy atom. The van der Waals surface area contributed by atoms with Crippen molar-refractivity contribution in [2.45, 2.75) is 33.1 Å². The fraction of sp³-hybridized carbons (Fsp3) is 0.269. The number of anilines is 2. The molecule has 0 fully saturated rings. The molecule has 0 spiro atoms. The van der Waals surface area contributed by atoms with Crippen molar-refractivity contribution < 1.29 is 9.47 Å². The van der Waals surface area contributed by atoms with E-state index in [2.05, 4.69) is 49.3 Å². The van der Waals surface area contributed by atoms with Gasteiger partial charge in [-0.3, -0.25) is 9.69 Å². The molecule has 0 radical (unpaired) electrons. The van der Waals surface area contributed by atoms with Crippen molar-refractivity contribution in [1.29, 1.82) is 0 Å². The lowest BCUT2D eigenvalue weighted by atomic mass is 10.1. The molecule has 0 saturated heterocycles. The third kappa shape index (κ3) is 4.50. The second-order valence-corrected chi connectivity index (χ2v) is 8.54. The number of hydrazine groups is 1. The van der Waals surface area contributed by atoms with E-state index < -0.39 is 0 Å². The van der Waals surface area contributed by atoms with Gasteiger partial charge in [0.15, 0.2) is 5.82 Å². The first-order valence-corrected chi connectivity index (χ1v) is 11.4. The van der Waals surface area contributed by atoms with Crippen molar-refractivity contribution >= 4 is 11.6 Å². The number of nitrogens with zero attached hydrogens (tertiary/aromatic N) is 6. The van der Waals surface area contributed by atoms with Crippen LogP contribution in [0.25, 0.3) is 0 Å². The zero-order chi connectivity index (χ0) is 24.4. The highest BCUT2D eigenvalue weighted by Crippen LogP contribution is 2.37. The van der Waals surface area contributed by atoms with E-state index in [9.17, 15) is 0 Å². The number of rotatable bonds is 8. The van der Waals surface area contributed by atoms with Crippen LogP contribution in [0.1, 0.15) is 27.8 Å². The number of fused-ring (bicyclic) bond motifs is 1. The first-order chi connectivity index (χ1) is 17.1. The Morgan fingerprint density at radius 3 is 2.31 bits per heavy atom. The minimum absolute atomic E-state index is 0.506. The highest BCUT2D eigenvalue weighted by atomic mass is 16.5. The average Bonchev–Trinajstić information content (AvgIpc) is 3.50. The molecule has 4 aromatic rings. The van der Waals surface area contributed by atoms with E-state index in [1.807, 2.05) is 36.0 Å². The van der Waals surface area contributed by atoms with Gasteiger partial charge in [0.05, 0.1) is 39.4 Å². The molecule has 0 atom stereocenters. The Bertz CT molecular complexity index is 1310. The van der Waals surface area contributed by atoms with Gasteiger partial charge >= 0.3 is 0 Å². The molecule has 9 nitrogen and oxygen atoms in total. The van der Waals surface area contributed by atoms with Crippen LogP contribution in [0.2, 0.25) is 0 Å². The topological polar surface area (TPSA) is 94.6 Å². The van der Waals surface area contributed by atoms with Crippen LogP contribution in [0.5, 0.6) is 11.5 Å². The minimum Gasteiger partial charge on any atom is -0.496 e. The number of hydrogen-bond donors (Lipinski definition) is 1. The third-order valence-corrected chi connectivity index (χ3v) is 6.43. The Balaban J connectivity index is 1.43. The maximum atomic E-state index is 6.24. The van der Waals surface area contributed by atoms with Gasteiger partial charge in [-0.2, -0.15) is 5.10 Å². The Morgan fingerprint density at radius 2 is 1.63 bits per heavy atom. The Hall–Kier alpha value is -4.11. The first-order valence-electron chi connectivity index (χ1n) is 11.4. The van der Waals surface area contributed by atoms with Crippen molar-refractivity contribution in [2.24, 2.45) is 0 Å². The Kier molecular flexibility index (Phi) is 6.24. The van der Waals surface area contributed by atoms with Crippen molar-refractivity contribution in [1.82, 2.24) is 24.8 Å². The zero-order valence-corrected chi connectivity index (χ0v) is 20.2. The summed E-state index contributed by atoms with van der Waals surface area (Å²) in [7, 11) is 3.37. The molecule has 2 aromatic carbocycles. The average molecular weight is 472 g/mol. The molecule has 0 saturated carbocycles. The lowest BCUT2D eigenvalue weighted by molar-refractivity contribution is 0.248. The van der Waals surface area contributed by atoms with Gasteiger partial charge in [-0.05, 0) is 41.8 Å². The van der Waals surface area contributed by atoms with Crippen LogP contribution in [0, 0.1) is 6.92 Å². The number of nitrogen functional groups attached to an aromatic ring is 1. The molecule has 0 unspecified atom stereocenters. The molecule has 35 heavy (non-hydrogen) atoms. The van der Waals surface area contributed by atoms with E-state index in [0.717, 1.165) is 40.6 Å². The summed E-state index contributed by atoms with van der Waals surface area (Å²) in [6, 6.07) is 14.4. The molecular weight excluding hydrogens is 442 g/mol. The van der Waals surface area contributed by atoms with Crippen LogP contribution >= 0.6 is 0 Å². The summed E-state index contributed by atoms with van der Waals surface area (Å²) >= 11 is 0. The minimum atomic E-state index is 0.506. The number of benzene rings is 2. The van der Waals surface area contributed by atoms with E-state index in [-0.39, 0.29) is 0 Å². The monoisotopic (exact) mass is 471 g/mol. The van der Waals surface area contributed by atoms with Gasteiger partial charge in [-0.1, -0.05) is 24.3 Å². The normalized spacial score (nSPS) is 13.2. The fourth-order valence-corrected chi connectivity index (χ4v) is 4.52. The maximum Gasteiger partial charge on any atom is 0.153 e. The van der Waals surface area contributed by atoms with E-state index in [1.54, 1.807) is 20.4 Å². The van der Waals surface area contributed by atoms with Crippen LogP contribution < -0.4 is 20.2 Å². The lowest BCUT2D eigenvalue weighted by Crippen LogP contribution is -2.37. The summed E-state index contributed by atoms with van der Waals surface area (Å²) in [6.07, 6.45) is 5.28. The van der Waals surface area contributed by atoms with E-state index in [4.69, 9.17) is 15.2 Å². The fourth-order valence-electron chi connectivity index (χ4n) is 4.52. The standard InChI is InChI=1S/C26H29N7O2/c1-18-21(24(35-3)10-9-23(18)34-2)16-33-26-22(25(27)28-17-29-26)15-32(33)14-20-7-5-19(6-8-20)13-31-12-4-11-30-31/h4-12,17H,13-16H2,1-3H3,(H2,27,28,29). The van der Waals surface area contributed by atoms with Crippen LogP contribution in [0.3, 0.4) is 0 Å². The number of methoxy groups -OCH3 is 2. The van der Waals surface area contributed by atoms with Crippen molar-refractivity contribution in [3.63, 3.8) is 0 Å². The summed E-state index contributed by atoms with van der Waals surface area (Å²) in [5.74, 6) is 2.95. The van der Waals surface area contributed by atoms with Crippen molar-refractivity contribution in [3.8, 4) is 11.5 Å². The molecule has 1 aliphatic heterocycles. The molecule has 1 aliphatic rings. The molecule has 0 bridgehead atoms. The van der Waals surface area contributed by atoms with E-state index in [0.29, 0.717) is 25.5 Å². The molecule has 9 heteroatoms. The molecule has 0 amide bonds. The second-order valence-electron chi connectivity index (χ2n) is 8.54. The first kappa shape index (κ1) is 22.7. The number of ether oxygens (including phenoxy) is 2. The molecule has 0 aliphatic carbocycles. The predicted octanol–water partition coefficient (Wildman–Crippen LogP) is 3.57. The summed E-state index contributed by atoms with van der Waals surface area (Å²) in [5.41, 5.74) is 11.6. The highest BCUT2D eigenvalue weighted by molar-refractivity contribution is 5.60. The zero-order valence-electron chi connectivity index (χ0n) is 20.2. The summed E-state index contributed by atoms with van der Waals surface area (Å²) < 4.78 is 13.2. The van der Waals surface area contributed by atoms with Gasteiger partial charge in [0.1, 0.15) is 23.6 Å². The number of hydrogen-bond acceptors (Lipinski definition) is 8. The highest BCUT2D eigenvalue weighted by Gasteiger charge is 2.32. The van der Waals surface area contributed by atoms with Crippen molar-refractivity contribution in [2.75, 3.05) is 25.0 Å². The maximum absolute atomic E-state index is 6.24. The quantitative estimate of drug-likeness (QED) is 0.417. The van der Waals surface area contributed by atoms with Gasteiger partial charge in [0, 0.05) is 24.5 Å². The second kappa shape index (κ2) is 9.63. The van der Waals surface area contributed by atoms with Gasteiger partial charge < -0.3 is 15.2 Å². The van der Waals surface area contributed by atoms with Gasteiger partial charge in [0.25, 0.3) is 0 Å². The smallest absolute Gasteiger partial charge is 0.153 e. The SMILES string of the molecule is COc1ccc(OC)c(CN2c3ncnc(N)c3CN2Cc2ccc(Cn3cccn3)cc2)c1C. The van der Waals surface area contributed by atoms with E-state index in [1.165, 1.54) is 17.5 Å². The number of nitrogens with two attached hydrogens (primary N) is 1. The van der Waals surface area contributed by atoms with Gasteiger partial charge in [-0.15, -0.1) is 0 Å². The van der Waals surface area contributed by atoms with Crippen LogP contribution in [-0.4, -0.2) is 39.0 Å². The summed E-state index contributed by atoms with van der Waals surface area (Å²) in [4.78, 5) is 8.80. The van der Waals surface area contributed by atoms with Crippen molar-refractivity contribution in [3.05, 3.63) is 89.0 Å². The largest absolute Gasteiger partial charge is 0.496 e. The molecule has 2 aromatic heterocycles. The van der Waals surface area contributed by atoms with Crippen LogP contribution in [0.4, 0.5) is 11.6 Å². The lowest BCUT2D eigenvalue weighted by Gasteiger charge is -2.31. The molecule has 180 valence electrons. The summed E-state index contributed by atoms with van der Waals surface area (Å²) in [6.45, 7) is 4.68. The molecule has 3 heterocycles. The van der Waals surface area contributed by atoms with Crippen LogP contribution in [0.15, 0.2) is 61.2 Å². The number of aromatic nitrogens is 4. The third-order valence-electron chi connectivity index (χ3n) is 6.43. The Labute approximate surface area is 204 Å². The molecule has 2 N–H and O–H groups in total. The predicted molar refractivity (Wildman–Crippen MR) is 134 cm³/mol.